The highest BCUT2D eigenvalue weighted by atomic mass is 79.9. The summed E-state index contributed by atoms with van der Waals surface area (Å²) in [5.74, 6) is 0.340. The fourth-order valence-electron chi connectivity index (χ4n) is 2.14. The zero-order valence-electron chi connectivity index (χ0n) is 11.4. The molecule has 108 valence electrons. The van der Waals surface area contributed by atoms with Crippen LogP contribution in [-0.2, 0) is 17.8 Å². The molecule has 0 aliphatic heterocycles. The molecule has 0 fully saturated rings. The zero-order valence-corrected chi connectivity index (χ0v) is 13.0. The van der Waals surface area contributed by atoms with Gasteiger partial charge < -0.3 is 5.32 Å². The molecule has 0 aliphatic rings. The minimum atomic E-state index is -0.168. The Bertz CT molecular complexity index is 792. The first kappa shape index (κ1) is 13.8. The number of hydrogen-bond donors (Lipinski definition) is 2. The Morgan fingerprint density at radius 1 is 1.43 bits per heavy atom. The Hall–Kier alpha value is -2.15. The van der Waals surface area contributed by atoms with Crippen LogP contribution in [0.3, 0.4) is 0 Å². The number of benzene rings is 1. The maximum absolute atomic E-state index is 12.1. The topological polar surface area (TPSA) is 75.6 Å². The van der Waals surface area contributed by atoms with Crippen LogP contribution >= 0.6 is 15.9 Å². The lowest BCUT2D eigenvalue weighted by atomic mass is 10.2. The number of nitrogens with zero attached hydrogens (tertiary/aromatic N) is 3. The smallest absolute Gasteiger partial charge is 0.247 e. The third-order valence-corrected chi connectivity index (χ3v) is 4.09. The van der Waals surface area contributed by atoms with Crippen LogP contribution in [0.1, 0.15) is 12.6 Å². The highest BCUT2D eigenvalue weighted by Crippen LogP contribution is 2.24. The van der Waals surface area contributed by atoms with Crippen LogP contribution in [0.15, 0.2) is 34.9 Å². The van der Waals surface area contributed by atoms with E-state index in [0.717, 1.165) is 27.5 Å². The van der Waals surface area contributed by atoms with E-state index in [9.17, 15) is 4.79 Å². The van der Waals surface area contributed by atoms with Gasteiger partial charge in [-0.2, -0.15) is 10.2 Å². The van der Waals surface area contributed by atoms with Gasteiger partial charge in [0.25, 0.3) is 0 Å². The Morgan fingerprint density at radius 3 is 3.00 bits per heavy atom. The van der Waals surface area contributed by atoms with Gasteiger partial charge in [0.05, 0.1) is 21.9 Å². The summed E-state index contributed by atoms with van der Waals surface area (Å²) in [4.78, 5) is 12.1. The Morgan fingerprint density at radius 2 is 2.24 bits per heavy atom. The van der Waals surface area contributed by atoms with Crippen molar-refractivity contribution in [1.82, 2.24) is 20.0 Å². The van der Waals surface area contributed by atoms with E-state index in [-0.39, 0.29) is 12.5 Å². The lowest BCUT2D eigenvalue weighted by Crippen LogP contribution is -2.19. The van der Waals surface area contributed by atoms with Gasteiger partial charge in [0.2, 0.25) is 5.91 Å². The van der Waals surface area contributed by atoms with E-state index < -0.39 is 0 Å². The van der Waals surface area contributed by atoms with Gasteiger partial charge in [0, 0.05) is 5.39 Å². The molecule has 3 rings (SSSR count). The number of halogens is 1. The molecule has 21 heavy (non-hydrogen) atoms. The molecule has 2 heterocycles. The van der Waals surface area contributed by atoms with Crippen molar-refractivity contribution in [3.63, 3.8) is 0 Å². The second-order valence-electron chi connectivity index (χ2n) is 4.63. The van der Waals surface area contributed by atoms with E-state index in [1.807, 2.05) is 31.2 Å². The third kappa shape index (κ3) is 2.69. The lowest BCUT2D eigenvalue weighted by molar-refractivity contribution is -0.116. The molecule has 2 aromatic heterocycles. The maximum Gasteiger partial charge on any atom is 0.247 e. The molecule has 6 nitrogen and oxygen atoms in total. The summed E-state index contributed by atoms with van der Waals surface area (Å²) >= 11 is 3.43. The summed E-state index contributed by atoms with van der Waals surface area (Å²) in [6.07, 6.45) is 2.56. The van der Waals surface area contributed by atoms with Gasteiger partial charge in [0.15, 0.2) is 5.82 Å². The molecule has 0 saturated carbocycles. The van der Waals surface area contributed by atoms with E-state index in [4.69, 9.17) is 0 Å². The van der Waals surface area contributed by atoms with Crippen molar-refractivity contribution >= 4 is 38.6 Å². The first-order valence-electron chi connectivity index (χ1n) is 6.62. The normalized spacial score (nSPS) is 11.0. The minimum absolute atomic E-state index is 0.147. The summed E-state index contributed by atoms with van der Waals surface area (Å²) in [6, 6.07) is 7.78. The number of fused-ring (bicyclic) bond motifs is 1. The number of nitrogens with one attached hydrogen (secondary N) is 2. The van der Waals surface area contributed by atoms with Crippen LogP contribution < -0.4 is 5.32 Å². The monoisotopic (exact) mass is 347 g/mol. The number of carbonyl (C=O) groups is 1. The number of amides is 1. The molecule has 1 amide bonds. The summed E-state index contributed by atoms with van der Waals surface area (Å²) in [6.45, 7) is 2.16. The zero-order chi connectivity index (χ0) is 14.8. The molecule has 0 saturated heterocycles. The first-order chi connectivity index (χ1) is 10.2. The van der Waals surface area contributed by atoms with Gasteiger partial charge in [-0.3, -0.25) is 14.6 Å². The van der Waals surface area contributed by atoms with Crippen LogP contribution in [0.2, 0.25) is 0 Å². The SMILES string of the molecule is CCc1[nH]nc(NC(=O)Cn2ncc3ccccc32)c1Br. The van der Waals surface area contributed by atoms with Gasteiger partial charge in [-0.25, -0.2) is 0 Å². The van der Waals surface area contributed by atoms with E-state index in [1.54, 1.807) is 10.9 Å². The van der Waals surface area contributed by atoms with E-state index in [0.29, 0.717) is 5.82 Å². The quantitative estimate of drug-likeness (QED) is 0.761. The molecule has 0 aliphatic carbocycles. The standard InChI is InChI=1S/C14H14BrN5O/c1-2-10-13(15)14(19-18-10)17-12(21)8-20-11-6-4-3-5-9(11)7-16-20/h3-7H,2,8H2,1H3,(H2,17,18,19,21). The van der Waals surface area contributed by atoms with E-state index in [2.05, 4.69) is 36.5 Å². The predicted octanol–water partition coefficient (Wildman–Crippen LogP) is 2.72. The van der Waals surface area contributed by atoms with Crippen molar-refractivity contribution < 1.29 is 4.79 Å². The molecule has 7 heteroatoms. The van der Waals surface area contributed by atoms with Gasteiger partial charge in [-0.05, 0) is 28.4 Å². The third-order valence-electron chi connectivity index (χ3n) is 3.23. The van der Waals surface area contributed by atoms with Crippen LogP contribution in [0, 0.1) is 0 Å². The number of rotatable bonds is 4. The van der Waals surface area contributed by atoms with Crippen molar-refractivity contribution in [2.45, 2.75) is 19.9 Å². The Labute approximate surface area is 129 Å². The second kappa shape index (κ2) is 5.69. The average molecular weight is 348 g/mol. The summed E-state index contributed by atoms with van der Waals surface area (Å²) < 4.78 is 2.47. The maximum atomic E-state index is 12.1. The first-order valence-corrected chi connectivity index (χ1v) is 7.41. The van der Waals surface area contributed by atoms with Crippen molar-refractivity contribution in [3.05, 3.63) is 40.6 Å². The molecule has 2 N–H and O–H groups in total. The molecule has 0 spiro atoms. The van der Waals surface area contributed by atoms with E-state index >= 15 is 0 Å². The van der Waals surface area contributed by atoms with Crippen molar-refractivity contribution in [3.8, 4) is 0 Å². The van der Waals surface area contributed by atoms with Gasteiger partial charge in [-0.1, -0.05) is 25.1 Å². The number of H-pyrrole nitrogens is 1. The Balaban J connectivity index is 1.76. The largest absolute Gasteiger partial charge is 0.307 e. The molecule has 1 aromatic carbocycles. The number of aromatic amines is 1. The molecule has 0 atom stereocenters. The highest BCUT2D eigenvalue weighted by molar-refractivity contribution is 9.10. The molecule has 3 aromatic rings. The number of anilines is 1. The Kier molecular flexibility index (Phi) is 3.74. The molecule has 0 radical (unpaired) electrons. The number of para-hydroxylation sites is 1. The van der Waals surface area contributed by atoms with Crippen molar-refractivity contribution in [2.75, 3.05) is 5.32 Å². The van der Waals surface area contributed by atoms with Gasteiger partial charge >= 0.3 is 0 Å². The lowest BCUT2D eigenvalue weighted by Gasteiger charge is -2.04. The number of carbonyl (C=O) groups excluding carboxylic acids is 1. The molecule has 0 bridgehead atoms. The number of aryl methyl sites for hydroxylation is 1. The summed E-state index contributed by atoms with van der Waals surface area (Å²) in [5, 5.41) is 15.0. The van der Waals surface area contributed by atoms with Crippen LogP contribution in [-0.4, -0.2) is 25.9 Å². The molecule has 0 unspecified atom stereocenters. The number of aromatic nitrogens is 4. The fraction of sp³-hybridized carbons (Fsp3) is 0.214. The summed E-state index contributed by atoms with van der Waals surface area (Å²) in [7, 11) is 0. The van der Waals surface area contributed by atoms with Gasteiger partial charge in [0.1, 0.15) is 6.54 Å². The van der Waals surface area contributed by atoms with Crippen LogP contribution in [0.5, 0.6) is 0 Å². The average Bonchev–Trinajstić information content (AvgIpc) is 3.04. The highest BCUT2D eigenvalue weighted by Gasteiger charge is 2.13. The van der Waals surface area contributed by atoms with E-state index in [1.165, 1.54) is 0 Å². The van der Waals surface area contributed by atoms with Crippen molar-refractivity contribution in [1.29, 1.82) is 0 Å². The molecular formula is C14H14BrN5O. The van der Waals surface area contributed by atoms with Crippen molar-refractivity contribution in [2.24, 2.45) is 0 Å². The number of hydrogen-bond acceptors (Lipinski definition) is 3. The minimum Gasteiger partial charge on any atom is -0.307 e. The second-order valence-corrected chi connectivity index (χ2v) is 5.42. The summed E-state index contributed by atoms with van der Waals surface area (Å²) in [5.41, 5.74) is 1.89. The predicted molar refractivity (Wildman–Crippen MR) is 84.0 cm³/mol. The van der Waals surface area contributed by atoms with Crippen LogP contribution in [0.25, 0.3) is 10.9 Å². The fourth-order valence-corrected chi connectivity index (χ4v) is 2.70. The van der Waals surface area contributed by atoms with Gasteiger partial charge in [-0.15, -0.1) is 0 Å². The molecular weight excluding hydrogens is 334 g/mol. The van der Waals surface area contributed by atoms with Crippen LogP contribution in [0.4, 0.5) is 5.82 Å².